The van der Waals surface area contributed by atoms with Gasteiger partial charge in [0.2, 0.25) is 0 Å². The molecular formula is C17H32OS. The summed E-state index contributed by atoms with van der Waals surface area (Å²) < 4.78 is 0. The Bertz CT molecular complexity index is 227. The average molecular weight is 285 g/mol. The maximum Gasteiger partial charge on any atom is 0.0852 e. The molecule has 1 atom stereocenters. The summed E-state index contributed by atoms with van der Waals surface area (Å²) >= 11 is 5.34. The molecule has 0 radical (unpaired) electrons. The number of rotatable bonds is 0. The molecule has 0 aromatic rings. The summed E-state index contributed by atoms with van der Waals surface area (Å²) in [6, 6.07) is 0. The summed E-state index contributed by atoms with van der Waals surface area (Å²) in [5.74, 6) is 0. The summed E-state index contributed by atoms with van der Waals surface area (Å²) in [7, 11) is 0. The van der Waals surface area contributed by atoms with Gasteiger partial charge in [0.15, 0.2) is 0 Å². The molecule has 0 aromatic carbocycles. The molecule has 1 saturated carbocycles. The van der Waals surface area contributed by atoms with Crippen LogP contribution >= 0.6 is 12.2 Å². The number of thiocarbonyl (C=S) groups is 1. The highest BCUT2D eigenvalue weighted by Gasteiger charge is 2.10. The average Bonchev–Trinajstić information content (AvgIpc) is 2.41. The number of hydrogen-bond donors (Lipinski definition) is 1. The fourth-order valence-corrected chi connectivity index (χ4v) is 3.17. The Hall–Kier alpha value is 0.0500. The molecule has 1 rings (SSSR count). The van der Waals surface area contributed by atoms with E-state index in [1.807, 2.05) is 0 Å². The molecule has 2 heteroatoms. The fraction of sp³-hybridized carbons (Fsp3) is 0.941. The van der Waals surface area contributed by atoms with E-state index in [2.05, 4.69) is 0 Å². The second-order valence-corrected chi connectivity index (χ2v) is 6.64. The molecule has 0 amide bonds. The van der Waals surface area contributed by atoms with Gasteiger partial charge in [-0.3, -0.25) is 0 Å². The van der Waals surface area contributed by atoms with E-state index in [4.69, 9.17) is 12.2 Å². The Morgan fingerprint density at radius 3 is 1.47 bits per heavy atom. The van der Waals surface area contributed by atoms with Crippen molar-refractivity contribution in [2.24, 2.45) is 0 Å². The van der Waals surface area contributed by atoms with E-state index in [1.165, 1.54) is 77.0 Å². The van der Waals surface area contributed by atoms with Gasteiger partial charge < -0.3 is 5.11 Å². The molecule has 1 unspecified atom stereocenters. The van der Waals surface area contributed by atoms with E-state index in [-0.39, 0.29) is 6.10 Å². The number of aliphatic hydroxyl groups is 1. The molecule has 19 heavy (non-hydrogen) atoms. The summed E-state index contributed by atoms with van der Waals surface area (Å²) in [4.78, 5) is 0.907. The summed E-state index contributed by atoms with van der Waals surface area (Å²) in [6.45, 7) is 0. The summed E-state index contributed by atoms with van der Waals surface area (Å²) in [6.07, 6.45) is 18.9. The largest absolute Gasteiger partial charge is 0.388 e. The van der Waals surface area contributed by atoms with Gasteiger partial charge in [-0.05, 0) is 19.3 Å². The van der Waals surface area contributed by atoms with Crippen LogP contribution in [0.25, 0.3) is 0 Å². The molecule has 0 aromatic heterocycles. The van der Waals surface area contributed by atoms with Crippen LogP contribution in [0.15, 0.2) is 0 Å². The molecule has 0 spiro atoms. The maximum atomic E-state index is 9.99. The van der Waals surface area contributed by atoms with E-state index in [1.54, 1.807) is 0 Å². The molecule has 0 saturated heterocycles. The van der Waals surface area contributed by atoms with Crippen LogP contribution in [0.3, 0.4) is 0 Å². The van der Waals surface area contributed by atoms with Gasteiger partial charge in [-0.25, -0.2) is 0 Å². The van der Waals surface area contributed by atoms with Gasteiger partial charge >= 0.3 is 0 Å². The molecule has 1 N–H and O–H groups in total. The van der Waals surface area contributed by atoms with Crippen LogP contribution in [0.2, 0.25) is 0 Å². The van der Waals surface area contributed by atoms with E-state index in [9.17, 15) is 5.11 Å². The Morgan fingerprint density at radius 2 is 1.00 bits per heavy atom. The van der Waals surface area contributed by atoms with Crippen molar-refractivity contribution in [2.45, 2.75) is 102 Å². The van der Waals surface area contributed by atoms with Gasteiger partial charge in [-0.1, -0.05) is 89.3 Å². The van der Waals surface area contributed by atoms with Gasteiger partial charge in [-0.15, -0.1) is 0 Å². The Balaban J connectivity index is 2.21. The smallest absolute Gasteiger partial charge is 0.0852 e. The van der Waals surface area contributed by atoms with E-state index in [0.29, 0.717) is 0 Å². The zero-order valence-corrected chi connectivity index (χ0v) is 13.4. The highest BCUT2D eigenvalue weighted by Crippen LogP contribution is 2.16. The van der Waals surface area contributed by atoms with Crippen LogP contribution in [-0.4, -0.2) is 16.1 Å². The first-order valence-electron chi connectivity index (χ1n) is 8.51. The zero-order valence-electron chi connectivity index (χ0n) is 12.5. The van der Waals surface area contributed by atoms with Crippen molar-refractivity contribution in [3.05, 3.63) is 0 Å². The van der Waals surface area contributed by atoms with Crippen molar-refractivity contribution in [1.82, 2.24) is 0 Å². The van der Waals surface area contributed by atoms with Crippen molar-refractivity contribution in [3.63, 3.8) is 0 Å². The molecule has 1 nitrogen and oxygen atoms in total. The second kappa shape index (κ2) is 11.8. The minimum absolute atomic E-state index is 0.314. The Kier molecular flexibility index (Phi) is 10.7. The first-order chi connectivity index (χ1) is 9.30. The molecular weight excluding hydrogens is 252 g/mol. The molecule has 112 valence electrons. The monoisotopic (exact) mass is 284 g/mol. The van der Waals surface area contributed by atoms with Gasteiger partial charge in [0.05, 0.1) is 6.10 Å². The topological polar surface area (TPSA) is 20.2 Å². The molecule has 1 aliphatic carbocycles. The lowest BCUT2D eigenvalue weighted by Crippen LogP contribution is -2.18. The fourth-order valence-electron chi connectivity index (χ4n) is 2.91. The molecule has 0 aliphatic heterocycles. The van der Waals surface area contributed by atoms with Crippen LogP contribution in [0.1, 0.15) is 96.3 Å². The van der Waals surface area contributed by atoms with Crippen molar-refractivity contribution in [1.29, 1.82) is 0 Å². The zero-order chi connectivity index (χ0) is 13.8. The van der Waals surface area contributed by atoms with Crippen LogP contribution in [0.5, 0.6) is 0 Å². The van der Waals surface area contributed by atoms with E-state index >= 15 is 0 Å². The lowest BCUT2D eigenvalue weighted by molar-refractivity contribution is 0.226. The first kappa shape index (κ1) is 17.1. The number of hydrogen-bond acceptors (Lipinski definition) is 2. The minimum Gasteiger partial charge on any atom is -0.388 e. The van der Waals surface area contributed by atoms with Crippen molar-refractivity contribution >= 4 is 17.1 Å². The van der Waals surface area contributed by atoms with Gasteiger partial charge in [0, 0.05) is 4.86 Å². The standard InChI is InChI=1S/C17H32OS/c18-16-14-12-10-8-6-4-2-1-3-5-7-9-11-13-15-17(16)19/h16,18H,1-15H2. The van der Waals surface area contributed by atoms with Crippen LogP contribution in [0.4, 0.5) is 0 Å². The number of aliphatic hydroxyl groups excluding tert-OH is 1. The SMILES string of the molecule is OC1CCCCCCCCCCCCCCCC1=S. The predicted octanol–water partition coefficient (Wildman–Crippen LogP) is 5.58. The lowest BCUT2D eigenvalue weighted by Gasteiger charge is -2.12. The summed E-state index contributed by atoms with van der Waals surface area (Å²) in [5, 5.41) is 9.99. The Morgan fingerprint density at radius 1 is 0.632 bits per heavy atom. The first-order valence-corrected chi connectivity index (χ1v) is 8.92. The molecule has 1 fully saturated rings. The van der Waals surface area contributed by atoms with Crippen molar-refractivity contribution in [2.75, 3.05) is 0 Å². The quantitative estimate of drug-likeness (QED) is 0.586. The third-order valence-corrected chi connectivity index (χ3v) is 4.75. The maximum absolute atomic E-state index is 9.99. The minimum atomic E-state index is -0.314. The van der Waals surface area contributed by atoms with Crippen molar-refractivity contribution < 1.29 is 5.11 Å². The van der Waals surface area contributed by atoms with Crippen LogP contribution in [0, 0.1) is 0 Å². The predicted molar refractivity (Wildman–Crippen MR) is 87.9 cm³/mol. The van der Waals surface area contributed by atoms with Crippen LogP contribution in [-0.2, 0) is 0 Å². The van der Waals surface area contributed by atoms with Crippen LogP contribution < -0.4 is 0 Å². The molecule has 1 aliphatic rings. The second-order valence-electron chi connectivity index (χ2n) is 6.12. The molecule has 0 heterocycles. The van der Waals surface area contributed by atoms with E-state index in [0.717, 1.165) is 24.1 Å². The lowest BCUT2D eigenvalue weighted by atomic mass is 10.0. The van der Waals surface area contributed by atoms with Gasteiger partial charge in [0.1, 0.15) is 0 Å². The normalized spacial score (nSPS) is 26.8. The third-order valence-electron chi connectivity index (χ3n) is 4.27. The summed E-state index contributed by atoms with van der Waals surface area (Å²) in [5.41, 5.74) is 0. The highest BCUT2D eigenvalue weighted by molar-refractivity contribution is 7.80. The van der Waals surface area contributed by atoms with Crippen molar-refractivity contribution in [3.8, 4) is 0 Å². The third kappa shape index (κ3) is 9.56. The Labute approximate surface area is 125 Å². The highest BCUT2D eigenvalue weighted by atomic mass is 32.1. The molecule has 0 bridgehead atoms. The van der Waals surface area contributed by atoms with Gasteiger partial charge in [-0.2, -0.15) is 0 Å². The van der Waals surface area contributed by atoms with Gasteiger partial charge in [0.25, 0.3) is 0 Å². The van der Waals surface area contributed by atoms with E-state index < -0.39 is 0 Å².